The second-order valence-electron chi connectivity index (χ2n) is 5.51. The second-order valence-corrected chi connectivity index (χ2v) is 5.51. The molecule has 6 nitrogen and oxygen atoms in total. The molecule has 1 fully saturated rings. The van der Waals surface area contributed by atoms with Gasteiger partial charge >= 0.3 is 12.0 Å². The number of methoxy groups -OCH3 is 1. The van der Waals surface area contributed by atoms with Gasteiger partial charge in [-0.25, -0.2) is 9.59 Å². The summed E-state index contributed by atoms with van der Waals surface area (Å²) in [6.45, 7) is 5.57. The molecule has 0 bridgehead atoms. The van der Waals surface area contributed by atoms with Crippen LogP contribution in [0.1, 0.15) is 24.2 Å². The number of carboxylic acids is 1. The van der Waals surface area contributed by atoms with Crippen LogP contribution in [0.15, 0.2) is 18.2 Å². The zero-order valence-electron chi connectivity index (χ0n) is 12.4. The topological polar surface area (TPSA) is 78.9 Å². The number of amides is 2. The number of likely N-dealkylation sites (tertiary alicyclic amines) is 1. The molecule has 0 spiro atoms. The molecule has 1 aromatic carbocycles. The minimum absolute atomic E-state index is 0.0458. The van der Waals surface area contributed by atoms with Gasteiger partial charge in [-0.3, -0.25) is 0 Å². The van der Waals surface area contributed by atoms with Crippen molar-refractivity contribution in [2.75, 3.05) is 25.5 Å². The van der Waals surface area contributed by atoms with E-state index in [1.807, 2.05) is 0 Å². The minimum atomic E-state index is -1.09. The number of aromatic carboxylic acids is 1. The number of urea groups is 1. The number of carbonyl (C=O) groups is 2. The molecule has 2 atom stereocenters. The molecule has 0 radical (unpaired) electrons. The van der Waals surface area contributed by atoms with E-state index in [9.17, 15) is 14.7 Å². The number of benzene rings is 1. The lowest BCUT2D eigenvalue weighted by Gasteiger charge is -2.18. The van der Waals surface area contributed by atoms with Crippen molar-refractivity contribution in [1.82, 2.24) is 4.90 Å². The van der Waals surface area contributed by atoms with Gasteiger partial charge in [0.15, 0.2) is 0 Å². The Morgan fingerprint density at radius 3 is 2.43 bits per heavy atom. The number of nitrogens with zero attached hydrogens (tertiary/aromatic N) is 1. The van der Waals surface area contributed by atoms with Crippen LogP contribution in [0.4, 0.5) is 10.5 Å². The van der Waals surface area contributed by atoms with Crippen LogP contribution in [0.25, 0.3) is 0 Å². The maximum Gasteiger partial charge on any atom is 0.337 e. The van der Waals surface area contributed by atoms with Gasteiger partial charge < -0.3 is 20.1 Å². The Hall–Kier alpha value is -2.24. The summed E-state index contributed by atoms with van der Waals surface area (Å²) in [5.74, 6) is 0.301. The van der Waals surface area contributed by atoms with E-state index in [4.69, 9.17) is 4.74 Å². The third-order valence-corrected chi connectivity index (χ3v) is 3.97. The predicted octanol–water partition coefficient (Wildman–Crippen LogP) is 2.51. The number of carboxylic acid groups (broad SMARTS) is 1. The number of rotatable bonds is 3. The van der Waals surface area contributed by atoms with Gasteiger partial charge in [0.1, 0.15) is 5.75 Å². The molecule has 2 rings (SSSR count). The summed E-state index contributed by atoms with van der Waals surface area (Å²) in [6, 6.07) is 4.22. The highest BCUT2D eigenvalue weighted by Crippen LogP contribution is 2.26. The van der Waals surface area contributed by atoms with E-state index in [2.05, 4.69) is 19.2 Å². The van der Waals surface area contributed by atoms with E-state index >= 15 is 0 Å². The first kappa shape index (κ1) is 15.2. The van der Waals surface area contributed by atoms with Crippen LogP contribution in [0.5, 0.6) is 5.75 Å². The Morgan fingerprint density at radius 2 is 1.90 bits per heavy atom. The Kier molecular flexibility index (Phi) is 4.35. The van der Waals surface area contributed by atoms with Crippen LogP contribution in [0, 0.1) is 11.8 Å². The molecule has 1 aliphatic rings. The van der Waals surface area contributed by atoms with E-state index < -0.39 is 5.97 Å². The summed E-state index contributed by atoms with van der Waals surface area (Å²) in [5.41, 5.74) is 0.295. The molecule has 1 heterocycles. The largest absolute Gasteiger partial charge is 0.497 e. The Morgan fingerprint density at radius 1 is 1.29 bits per heavy atom. The molecule has 2 N–H and O–H groups in total. The fourth-order valence-electron chi connectivity index (χ4n) is 2.43. The molecule has 21 heavy (non-hydrogen) atoms. The Labute approximate surface area is 123 Å². The van der Waals surface area contributed by atoms with E-state index in [0.29, 0.717) is 30.7 Å². The van der Waals surface area contributed by atoms with Crippen molar-refractivity contribution < 1.29 is 19.4 Å². The van der Waals surface area contributed by atoms with Gasteiger partial charge in [-0.2, -0.15) is 0 Å². The average molecular weight is 292 g/mol. The zero-order chi connectivity index (χ0) is 15.6. The number of hydrogen-bond acceptors (Lipinski definition) is 3. The minimum Gasteiger partial charge on any atom is -0.497 e. The van der Waals surface area contributed by atoms with Crippen molar-refractivity contribution in [3.05, 3.63) is 23.8 Å². The molecule has 0 aromatic heterocycles. The lowest BCUT2D eigenvalue weighted by atomic mass is 10.0. The first-order chi connectivity index (χ1) is 9.92. The number of hydrogen-bond donors (Lipinski definition) is 2. The number of ether oxygens (including phenoxy) is 1. The molecule has 1 aromatic rings. The van der Waals surface area contributed by atoms with Gasteiger partial charge in [0.05, 0.1) is 18.4 Å². The Bertz CT molecular complexity index is 549. The highest BCUT2D eigenvalue weighted by Gasteiger charge is 2.29. The van der Waals surface area contributed by atoms with Crippen molar-refractivity contribution in [3.8, 4) is 5.75 Å². The molecule has 114 valence electrons. The molecule has 2 amide bonds. The van der Waals surface area contributed by atoms with Crippen molar-refractivity contribution >= 4 is 17.7 Å². The Balaban J connectivity index is 2.18. The van der Waals surface area contributed by atoms with E-state index in [1.165, 1.54) is 19.2 Å². The number of nitrogens with one attached hydrogen (secondary N) is 1. The zero-order valence-corrected chi connectivity index (χ0v) is 12.4. The van der Waals surface area contributed by atoms with Crippen LogP contribution in [-0.4, -0.2) is 42.2 Å². The lowest BCUT2D eigenvalue weighted by Crippen LogP contribution is -2.33. The quantitative estimate of drug-likeness (QED) is 0.897. The van der Waals surface area contributed by atoms with E-state index in [1.54, 1.807) is 11.0 Å². The van der Waals surface area contributed by atoms with Gasteiger partial charge in [0.2, 0.25) is 0 Å². The molecular formula is C15H20N2O4. The number of carbonyl (C=O) groups excluding carboxylic acids is 1. The van der Waals surface area contributed by atoms with Crippen LogP contribution in [0.2, 0.25) is 0 Å². The summed E-state index contributed by atoms with van der Waals surface area (Å²) in [5, 5.41) is 11.9. The first-order valence-electron chi connectivity index (χ1n) is 6.89. The highest BCUT2D eigenvalue weighted by atomic mass is 16.5. The van der Waals surface area contributed by atoms with Crippen molar-refractivity contribution in [2.24, 2.45) is 11.8 Å². The van der Waals surface area contributed by atoms with Crippen molar-refractivity contribution in [3.63, 3.8) is 0 Å². The summed E-state index contributed by atoms with van der Waals surface area (Å²) in [7, 11) is 1.49. The molecule has 2 unspecified atom stereocenters. The smallest absolute Gasteiger partial charge is 0.337 e. The van der Waals surface area contributed by atoms with Crippen LogP contribution < -0.4 is 10.1 Å². The normalized spacial score (nSPS) is 21.2. The summed E-state index contributed by atoms with van der Waals surface area (Å²) < 4.78 is 5.07. The predicted molar refractivity (Wildman–Crippen MR) is 78.9 cm³/mol. The van der Waals surface area contributed by atoms with Crippen LogP contribution >= 0.6 is 0 Å². The maximum atomic E-state index is 12.3. The third kappa shape index (κ3) is 3.26. The van der Waals surface area contributed by atoms with Crippen LogP contribution in [-0.2, 0) is 0 Å². The van der Waals surface area contributed by atoms with Gasteiger partial charge in [-0.1, -0.05) is 13.8 Å². The highest BCUT2D eigenvalue weighted by molar-refractivity contribution is 6.00. The van der Waals surface area contributed by atoms with Gasteiger partial charge in [0.25, 0.3) is 0 Å². The third-order valence-electron chi connectivity index (χ3n) is 3.97. The summed E-state index contributed by atoms with van der Waals surface area (Å²) >= 11 is 0. The van der Waals surface area contributed by atoms with E-state index in [0.717, 1.165) is 0 Å². The fraction of sp³-hybridized carbons (Fsp3) is 0.467. The van der Waals surface area contributed by atoms with Crippen molar-refractivity contribution in [2.45, 2.75) is 13.8 Å². The van der Waals surface area contributed by atoms with Gasteiger partial charge in [0, 0.05) is 19.2 Å². The molecule has 6 heteroatoms. The standard InChI is InChI=1S/C15H20N2O4/c1-9-7-17(8-10(9)2)15(20)16-13-6-11(21-3)4-5-12(13)14(18)19/h4-6,9-10H,7-8H2,1-3H3,(H,16,20)(H,18,19). The van der Waals surface area contributed by atoms with Gasteiger partial charge in [-0.15, -0.1) is 0 Å². The molecule has 0 aliphatic carbocycles. The fourth-order valence-corrected chi connectivity index (χ4v) is 2.43. The second kappa shape index (κ2) is 6.03. The van der Waals surface area contributed by atoms with Crippen LogP contribution in [0.3, 0.4) is 0 Å². The number of anilines is 1. The lowest BCUT2D eigenvalue weighted by molar-refractivity contribution is 0.0698. The maximum absolute atomic E-state index is 12.3. The first-order valence-corrected chi connectivity index (χ1v) is 6.89. The van der Waals surface area contributed by atoms with Crippen molar-refractivity contribution in [1.29, 1.82) is 0 Å². The average Bonchev–Trinajstić information content (AvgIpc) is 2.78. The SMILES string of the molecule is COc1ccc(C(=O)O)c(NC(=O)N2CC(C)C(C)C2)c1. The summed E-state index contributed by atoms with van der Waals surface area (Å²) in [6.07, 6.45) is 0. The van der Waals surface area contributed by atoms with E-state index in [-0.39, 0.29) is 17.3 Å². The molecule has 1 saturated heterocycles. The molecular weight excluding hydrogens is 272 g/mol. The summed E-state index contributed by atoms with van der Waals surface area (Å²) in [4.78, 5) is 25.2. The molecule has 1 aliphatic heterocycles. The molecule has 0 saturated carbocycles. The van der Waals surface area contributed by atoms with Gasteiger partial charge in [-0.05, 0) is 24.0 Å². The monoisotopic (exact) mass is 292 g/mol.